The molecule has 1 aromatic heterocycles. The molecule has 2 aromatic carbocycles. The van der Waals surface area contributed by atoms with Crippen LogP contribution in [0.15, 0.2) is 58.2 Å². The first kappa shape index (κ1) is 17.0. The monoisotopic (exact) mass is 356 g/mol. The maximum absolute atomic E-state index is 10.9. The Balaban J connectivity index is 1.69. The van der Waals surface area contributed by atoms with Gasteiger partial charge < -0.3 is 14.3 Å². The summed E-state index contributed by atoms with van der Waals surface area (Å²) in [5.74, 6) is 0.783. The molecule has 7 heteroatoms. The number of ether oxygens (including phenoxy) is 1. The number of benzene rings is 2. The third-order valence-corrected chi connectivity index (χ3v) is 4.28. The second kappa shape index (κ2) is 7.85. The molecule has 0 bridgehead atoms. The maximum atomic E-state index is 10.9. The molecule has 3 aromatic rings. The van der Waals surface area contributed by atoms with E-state index in [1.165, 1.54) is 11.8 Å². The number of nitrogens with zero attached hydrogens (tertiary/aromatic N) is 2. The Hall–Kier alpha value is -2.80. The first-order chi connectivity index (χ1) is 12.2. The fraction of sp³-hybridized carbons (Fsp3) is 0.167. The van der Waals surface area contributed by atoms with E-state index < -0.39 is 5.97 Å². The molecule has 0 fully saturated rings. The Morgan fingerprint density at radius 1 is 1.16 bits per heavy atom. The highest BCUT2D eigenvalue weighted by Gasteiger charge is 2.13. The molecule has 1 heterocycles. The number of para-hydroxylation sites is 1. The molecular formula is C18H16N2O4S. The summed E-state index contributed by atoms with van der Waals surface area (Å²) in [5, 5.41) is 17.5. The first-order valence-corrected chi connectivity index (χ1v) is 8.66. The SMILES string of the molecule is CCOc1ccccc1-c1nnc(SCc2ccc(C(=O)O)cc2)o1. The highest BCUT2D eigenvalue weighted by molar-refractivity contribution is 7.98. The molecule has 3 rings (SSSR count). The second-order valence-electron chi connectivity index (χ2n) is 5.09. The largest absolute Gasteiger partial charge is 0.493 e. The lowest BCUT2D eigenvalue weighted by atomic mass is 10.1. The summed E-state index contributed by atoms with van der Waals surface area (Å²) < 4.78 is 11.3. The van der Waals surface area contributed by atoms with E-state index in [4.69, 9.17) is 14.3 Å². The number of carbonyl (C=O) groups is 1. The molecule has 0 aliphatic rings. The Kier molecular flexibility index (Phi) is 5.35. The Bertz CT molecular complexity index is 862. The third-order valence-electron chi connectivity index (χ3n) is 3.39. The minimum Gasteiger partial charge on any atom is -0.493 e. The summed E-state index contributed by atoms with van der Waals surface area (Å²) in [7, 11) is 0. The number of hydrogen-bond acceptors (Lipinski definition) is 6. The van der Waals surface area contributed by atoms with Crippen molar-refractivity contribution in [3.8, 4) is 17.2 Å². The van der Waals surface area contributed by atoms with Gasteiger partial charge in [0.15, 0.2) is 0 Å². The van der Waals surface area contributed by atoms with Gasteiger partial charge in [-0.3, -0.25) is 0 Å². The van der Waals surface area contributed by atoms with Crippen molar-refractivity contribution in [1.82, 2.24) is 10.2 Å². The van der Waals surface area contributed by atoms with Crippen LogP contribution in [-0.4, -0.2) is 27.9 Å². The van der Waals surface area contributed by atoms with Gasteiger partial charge in [0.1, 0.15) is 5.75 Å². The minimum absolute atomic E-state index is 0.265. The number of thioether (sulfide) groups is 1. The predicted molar refractivity (Wildman–Crippen MR) is 93.9 cm³/mol. The van der Waals surface area contributed by atoms with Crippen molar-refractivity contribution in [2.24, 2.45) is 0 Å². The topological polar surface area (TPSA) is 85.5 Å². The summed E-state index contributed by atoms with van der Waals surface area (Å²) in [6, 6.07) is 14.2. The lowest BCUT2D eigenvalue weighted by Gasteiger charge is -2.06. The summed E-state index contributed by atoms with van der Waals surface area (Å²) in [6.07, 6.45) is 0. The summed E-state index contributed by atoms with van der Waals surface area (Å²) in [6.45, 7) is 2.47. The molecule has 0 spiro atoms. The minimum atomic E-state index is -0.936. The fourth-order valence-electron chi connectivity index (χ4n) is 2.19. The lowest BCUT2D eigenvalue weighted by Crippen LogP contribution is -1.95. The quantitative estimate of drug-likeness (QED) is 0.637. The Morgan fingerprint density at radius 3 is 2.64 bits per heavy atom. The van der Waals surface area contributed by atoms with Crippen molar-refractivity contribution in [3.05, 3.63) is 59.7 Å². The van der Waals surface area contributed by atoms with Crippen molar-refractivity contribution in [1.29, 1.82) is 0 Å². The van der Waals surface area contributed by atoms with Crippen molar-refractivity contribution in [2.75, 3.05) is 6.61 Å². The van der Waals surface area contributed by atoms with Gasteiger partial charge in [-0.2, -0.15) is 0 Å². The van der Waals surface area contributed by atoms with Gasteiger partial charge in [-0.05, 0) is 36.8 Å². The van der Waals surface area contributed by atoms with E-state index in [0.717, 1.165) is 11.1 Å². The van der Waals surface area contributed by atoms with E-state index in [1.54, 1.807) is 24.3 Å². The molecule has 0 radical (unpaired) electrons. The van der Waals surface area contributed by atoms with Crippen LogP contribution in [0.2, 0.25) is 0 Å². The zero-order valence-electron chi connectivity index (χ0n) is 13.5. The van der Waals surface area contributed by atoms with Crippen LogP contribution in [0.3, 0.4) is 0 Å². The van der Waals surface area contributed by atoms with Gasteiger partial charge in [-0.1, -0.05) is 36.0 Å². The summed E-state index contributed by atoms with van der Waals surface area (Å²) in [5.41, 5.74) is 2.00. The fourth-order valence-corrected chi connectivity index (χ4v) is 2.91. The average molecular weight is 356 g/mol. The molecule has 0 aliphatic carbocycles. The maximum Gasteiger partial charge on any atom is 0.335 e. The first-order valence-electron chi connectivity index (χ1n) is 7.68. The van der Waals surface area contributed by atoms with E-state index in [9.17, 15) is 4.79 Å². The second-order valence-corrected chi connectivity index (χ2v) is 6.02. The van der Waals surface area contributed by atoms with Crippen LogP contribution in [0.5, 0.6) is 5.75 Å². The van der Waals surface area contributed by atoms with Crippen LogP contribution in [-0.2, 0) is 5.75 Å². The van der Waals surface area contributed by atoms with Crippen LogP contribution in [0, 0.1) is 0 Å². The van der Waals surface area contributed by atoms with Gasteiger partial charge in [-0.15, -0.1) is 10.2 Å². The highest BCUT2D eigenvalue weighted by Crippen LogP contribution is 2.31. The average Bonchev–Trinajstić information content (AvgIpc) is 3.10. The van der Waals surface area contributed by atoms with Crippen LogP contribution >= 0.6 is 11.8 Å². The molecule has 1 N–H and O–H groups in total. The standard InChI is InChI=1S/C18H16N2O4S/c1-2-23-15-6-4-3-5-14(15)16-19-20-18(24-16)25-11-12-7-9-13(10-8-12)17(21)22/h3-10H,2,11H2,1H3,(H,21,22). The normalized spacial score (nSPS) is 10.6. The van der Waals surface area contributed by atoms with Crippen molar-refractivity contribution in [2.45, 2.75) is 17.9 Å². The van der Waals surface area contributed by atoms with Crippen molar-refractivity contribution < 1.29 is 19.1 Å². The van der Waals surface area contributed by atoms with Crippen molar-refractivity contribution in [3.63, 3.8) is 0 Å². The highest BCUT2D eigenvalue weighted by atomic mass is 32.2. The van der Waals surface area contributed by atoms with Gasteiger partial charge in [0.25, 0.3) is 11.1 Å². The van der Waals surface area contributed by atoms with E-state index in [1.807, 2.05) is 31.2 Å². The van der Waals surface area contributed by atoms with Crippen LogP contribution in [0.25, 0.3) is 11.5 Å². The molecule has 0 amide bonds. The van der Waals surface area contributed by atoms with Gasteiger partial charge >= 0.3 is 5.97 Å². The molecule has 25 heavy (non-hydrogen) atoms. The molecule has 0 atom stereocenters. The smallest absolute Gasteiger partial charge is 0.335 e. The van der Waals surface area contributed by atoms with Crippen molar-refractivity contribution >= 4 is 17.7 Å². The van der Waals surface area contributed by atoms with E-state index in [0.29, 0.717) is 29.2 Å². The van der Waals surface area contributed by atoms with Gasteiger partial charge in [0.2, 0.25) is 0 Å². The number of aromatic nitrogens is 2. The van der Waals surface area contributed by atoms with Crippen LogP contribution in [0.4, 0.5) is 0 Å². The molecular weight excluding hydrogens is 340 g/mol. The van der Waals surface area contributed by atoms with E-state index >= 15 is 0 Å². The Morgan fingerprint density at radius 2 is 1.92 bits per heavy atom. The van der Waals surface area contributed by atoms with Gasteiger partial charge in [0, 0.05) is 5.75 Å². The molecule has 0 unspecified atom stereocenters. The van der Waals surface area contributed by atoms with Gasteiger partial charge in [0.05, 0.1) is 17.7 Å². The van der Waals surface area contributed by atoms with Gasteiger partial charge in [-0.25, -0.2) is 4.79 Å². The molecule has 6 nitrogen and oxygen atoms in total. The molecule has 0 saturated heterocycles. The number of carboxylic acid groups (broad SMARTS) is 1. The van der Waals surface area contributed by atoms with Crippen LogP contribution < -0.4 is 4.74 Å². The summed E-state index contributed by atoms with van der Waals surface area (Å²) in [4.78, 5) is 10.9. The van der Waals surface area contributed by atoms with E-state index in [-0.39, 0.29) is 5.56 Å². The molecule has 0 saturated carbocycles. The zero-order valence-corrected chi connectivity index (χ0v) is 14.3. The third kappa shape index (κ3) is 4.19. The predicted octanol–water partition coefficient (Wildman–Crippen LogP) is 4.13. The van der Waals surface area contributed by atoms with Crippen LogP contribution in [0.1, 0.15) is 22.8 Å². The number of hydrogen-bond donors (Lipinski definition) is 1. The number of rotatable bonds is 7. The lowest BCUT2D eigenvalue weighted by molar-refractivity contribution is 0.0697. The summed E-state index contributed by atoms with van der Waals surface area (Å²) >= 11 is 1.39. The number of aromatic carboxylic acids is 1. The molecule has 0 aliphatic heterocycles. The zero-order chi connectivity index (χ0) is 17.6. The van der Waals surface area contributed by atoms with E-state index in [2.05, 4.69) is 10.2 Å². The number of carboxylic acids is 1. The molecule has 128 valence electrons. The Labute approximate surface area is 148 Å².